The third kappa shape index (κ3) is 3.16. The van der Waals surface area contributed by atoms with Crippen LogP contribution in [0, 0.1) is 17.3 Å². The van der Waals surface area contributed by atoms with Crippen LogP contribution in [0.1, 0.15) is 51.4 Å². The Balaban J connectivity index is 1.48. The number of hydrogen-bond acceptors (Lipinski definition) is 2. The fourth-order valence-corrected chi connectivity index (χ4v) is 5.18. The molecule has 3 aliphatic rings. The summed E-state index contributed by atoms with van der Waals surface area (Å²) in [7, 11) is 4.38. The van der Waals surface area contributed by atoms with Crippen LogP contribution in [0.2, 0.25) is 0 Å². The standard InChI is InChI=1S/C17H32N2/c1-18(2)9-5-10-19-11-8-17(14-19)12-15-6-3-4-7-16(15)13-17/h15-16H,3-14H2,1-2H3/t15-,16+,17?. The quantitative estimate of drug-likeness (QED) is 0.769. The minimum atomic E-state index is 0.748. The Morgan fingerprint density at radius 3 is 2.42 bits per heavy atom. The van der Waals surface area contributed by atoms with Crippen molar-refractivity contribution in [1.29, 1.82) is 0 Å². The Hall–Kier alpha value is -0.0800. The molecule has 0 aromatic heterocycles. The highest BCUT2D eigenvalue weighted by molar-refractivity contribution is 5.00. The van der Waals surface area contributed by atoms with Gasteiger partial charge >= 0.3 is 0 Å². The molecule has 2 saturated carbocycles. The van der Waals surface area contributed by atoms with Gasteiger partial charge in [-0.25, -0.2) is 0 Å². The lowest BCUT2D eigenvalue weighted by Gasteiger charge is -2.24. The lowest BCUT2D eigenvalue weighted by atomic mass is 9.82. The normalized spacial score (nSPS) is 39.3. The first-order valence-electron chi connectivity index (χ1n) is 8.54. The number of fused-ring (bicyclic) bond motifs is 1. The minimum Gasteiger partial charge on any atom is -0.309 e. The van der Waals surface area contributed by atoms with Gasteiger partial charge in [0.2, 0.25) is 0 Å². The third-order valence-corrected chi connectivity index (χ3v) is 6.05. The Labute approximate surface area is 119 Å². The number of hydrogen-bond donors (Lipinski definition) is 0. The average molecular weight is 264 g/mol. The van der Waals surface area contributed by atoms with Gasteiger partial charge in [-0.05, 0) is 76.7 Å². The molecule has 1 spiro atoms. The van der Waals surface area contributed by atoms with E-state index in [1.807, 2.05) is 0 Å². The van der Waals surface area contributed by atoms with Gasteiger partial charge in [0.15, 0.2) is 0 Å². The van der Waals surface area contributed by atoms with E-state index < -0.39 is 0 Å². The van der Waals surface area contributed by atoms with E-state index in [0.717, 1.165) is 17.3 Å². The molecule has 3 atom stereocenters. The van der Waals surface area contributed by atoms with Crippen LogP contribution in [0.3, 0.4) is 0 Å². The van der Waals surface area contributed by atoms with Crippen molar-refractivity contribution < 1.29 is 0 Å². The minimum absolute atomic E-state index is 0.748. The van der Waals surface area contributed by atoms with Gasteiger partial charge in [-0.1, -0.05) is 25.7 Å². The summed E-state index contributed by atoms with van der Waals surface area (Å²) >= 11 is 0. The van der Waals surface area contributed by atoms with Crippen molar-refractivity contribution in [3.8, 4) is 0 Å². The highest BCUT2D eigenvalue weighted by Gasteiger charge is 2.48. The van der Waals surface area contributed by atoms with E-state index in [1.165, 1.54) is 51.9 Å². The molecule has 2 aliphatic carbocycles. The van der Waals surface area contributed by atoms with Crippen molar-refractivity contribution in [2.45, 2.75) is 51.4 Å². The number of likely N-dealkylation sites (tertiary alicyclic amines) is 1. The van der Waals surface area contributed by atoms with Crippen LogP contribution in [0.25, 0.3) is 0 Å². The van der Waals surface area contributed by atoms with Gasteiger partial charge in [-0.3, -0.25) is 0 Å². The maximum atomic E-state index is 2.76. The molecule has 1 saturated heterocycles. The molecule has 110 valence electrons. The topological polar surface area (TPSA) is 6.48 Å². The van der Waals surface area contributed by atoms with Crippen molar-refractivity contribution >= 4 is 0 Å². The Morgan fingerprint density at radius 2 is 1.79 bits per heavy atom. The number of nitrogens with zero attached hydrogens (tertiary/aromatic N) is 2. The van der Waals surface area contributed by atoms with E-state index in [1.54, 1.807) is 25.7 Å². The molecule has 2 heteroatoms. The first kappa shape index (κ1) is 13.9. The fraction of sp³-hybridized carbons (Fsp3) is 1.00. The van der Waals surface area contributed by atoms with E-state index in [9.17, 15) is 0 Å². The summed E-state index contributed by atoms with van der Waals surface area (Å²) in [5.41, 5.74) is 0.748. The van der Waals surface area contributed by atoms with Crippen molar-refractivity contribution in [1.82, 2.24) is 9.80 Å². The molecule has 0 radical (unpaired) electrons. The predicted octanol–water partition coefficient (Wildman–Crippen LogP) is 3.23. The summed E-state index contributed by atoms with van der Waals surface area (Å²) in [5, 5.41) is 0. The first-order chi connectivity index (χ1) is 9.17. The molecule has 0 aromatic rings. The molecule has 0 N–H and O–H groups in total. The van der Waals surface area contributed by atoms with Crippen LogP contribution in [0.5, 0.6) is 0 Å². The monoisotopic (exact) mass is 264 g/mol. The van der Waals surface area contributed by atoms with E-state index >= 15 is 0 Å². The van der Waals surface area contributed by atoms with Gasteiger partial charge in [0, 0.05) is 6.54 Å². The van der Waals surface area contributed by atoms with Crippen molar-refractivity contribution in [3.05, 3.63) is 0 Å². The summed E-state index contributed by atoms with van der Waals surface area (Å²) in [5.74, 6) is 2.21. The van der Waals surface area contributed by atoms with Gasteiger partial charge < -0.3 is 9.80 Å². The molecule has 0 aromatic carbocycles. The number of rotatable bonds is 4. The third-order valence-electron chi connectivity index (χ3n) is 6.05. The molecular weight excluding hydrogens is 232 g/mol. The van der Waals surface area contributed by atoms with Gasteiger partial charge in [0.25, 0.3) is 0 Å². The maximum absolute atomic E-state index is 2.76. The fourth-order valence-electron chi connectivity index (χ4n) is 5.18. The van der Waals surface area contributed by atoms with Gasteiger partial charge in [0.05, 0.1) is 0 Å². The van der Waals surface area contributed by atoms with Crippen LogP contribution < -0.4 is 0 Å². The second-order valence-corrected chi connectivity index (χ2v) is 7.90. The SMILES string of the molecule is CN(C)CCCN1CCC2(C[C@H]3CCCC[C@H]3C2)C1. The van der Waals surface area contributed by atoms with Crippen molar-refractivity contribution in [2.75, 3.05) is 40.3 Å². The van der Waals surface area contributed by atoms with E-state index in [-0.39, 0.29) is 0 Å². The zero-order chi connectivity index (χ0) is 13.3. The Bertz CT molecular complexity index is 286. The smallest absolute Gasteiger partial charge is 0.00387 e. The summed E-state index contributed by atoms with van der Waals surface area (Å²) < 4.78 is 0. The van der Waals surface area contributed by atoms with Crippen LogP contribution in [0.4, 0.5) is 0 Å². The zero-order valence-corrected chi connectivity index (χ0v) is 13.0. The highest BCUT2D eigenvalue weighted by Crippen LogP contribution is 2.55. The molecule has 0 amide bonds. The summed E-state index contributed by atoms with van der Waals surface area (Å²) in [6, 6.07) is 0. The molecular formula is C17H32N2. The summed E-state index contributed by atoms with van der Waals surface area (Å²) in [6.07, 6.45) is 12.1. The van der Waals surface area contributed by atoms with Gasteiger partial charge in [-0.2, -0.15) is 0 Å². The molecule has 3 rings (SSSR count). The van der Waals surface area contributed by atoms with E-state index in [2.05, 4.69) is 23.9 Å². The predicted molar refractivity (Wildman–Crippen MR) is 81.3 cm³/mol. The lowest BCUT2D eigenvalue weighted by Crippen LogP contribution is -2.28. The van der Waals surface area contributed by atoms with E-state index in [4.69, 9.17) is 0 Å². The Morgan fingerprint density at radius 1 is 1.11 bits per heavy atom. The molecule has 1 heterocycles. The largest absolute Gasteiger partial charge is 0.309 e. The summed E-state index contributed by atoms with van der Waals surface area (Å²) in [4.78, 5) is 5.08. The molecule has 2 nitrogen and oxygen atoms in total. The second-order valence-electron chi connectivity index (χ2n) is 7.90. The second kappa shape index (κ2) is 5.73. The van der Waals surface area contributed by atoms with Crippen LogP contribution >= 0.6 is 0 Å². The van der Waals surface area contributed by atoms with Gasteiger partial charge in [0.1, 0.15) is 0 Å². The first-order valence-corrected chi connectivity index (χ1v) is 8.54. The molecule has 1 aliphatic heterocycles. The lowest BCUT2D eigenvalue weighted by molar-refractivity contribution is 0.242. The summed E-state index contributed by atoms with van der Waals surface area (Å²) in [6.45, 7) is 5.38. The average Bonchev–Trinajstić information content (AvgIpc) is 2.92. The van der Waals surface area contributed by atoms with Crippen LogP contribution in [0.15, 0.2) is 0 Å². The van der Waals surface area contributed by atoms with Crippen molar-refractivity contribution in [3.63, 3.8) is 0 Å². The highest BCUT2D eigenvalue weighted by atomic mass is 15.2. The van der Waals surface area contributed by atoms with Gasteiger partial charge in [-0.15, -0.1) is 0 Å². The molecule has 3 fully saturated rings. The maximum Gasteiger partial charge on any atom is 0.00387 e. The Kier molecular flexibility index (Phi) is 4.19. The van der Waals surface area contributed by atoms with Crippen LogP contribution in [-0.4, -0.2) is 50.1 Å². The molecule has 0 bridgehead atoms. The van der Waals surface area contributed by atoms with Crippen LogP contribution in [-0.2, 0) is 0 Å². The van der Waals surface area contributed by atoms with Crippen molar-refractivity contribution in [2.24, 2.45) is 17.3 Å². The van der Waals surface area contributed by atoms with E-state index in [0.29, 0.717) is 0 Å². The molecule has 1 unspecified atom stereocenters. The molecule has 19 heavy (non-hydrogen) atoms. The zero-order valence-electron chi connectivity index (χ0n) is 13.0.